The van der Waals surface area contributed by atoms with Gasteiger partial charge < -0.3 is 14.0 Å². The minimum atomic E-state index is -3.65. The molecule has 32 heavy (non-hydrogen) atoms. The predicted octanol–water partition coefficient (Wildman–Crippen LogP) is 3.64. The molecule has 0 N–H and O–H groups in total. The largest absolute Gasteiger partial charge is 0.489 e. The Hall–Kier alpha value is -3.10. The second-order valence-corrected chi connectivity index (χ2v) is 9.90. The Kier molecular flexibility index (Phi) is 6.08. The lowest BCUT2D eigenvalue weighted by atomic mass is 10.2. The number of nitrogens with zero attached hydrogens (tertiary/aromatic N) is 2. The van der Waals surface area contributed by atoms with E-state index in [2.05, 4.69) is 0 Å². The highest BCUT2D eigenvalue weighted by Gasteiger charge is 2.33. The van der Waals surface area contributed by atoms with Crippen LogP contribution >= 0.6 is 0 Å². The summed E-state index contributed by atoms with van der Waals surface area (Å²) in [5.74, 6) is 1.77. The van der Waals surface area contributed by atoms with Crippen molar-refractivity contribution in [1.29, 1.82) is 0 Å². The summed E-state index contributed by atoms with van der Waals surface area (Å²) in [5.41, 5.74) is 1.62. The molecule has 168 valence electrons. The highest BCUT2D eigenvalue weighted by molar-refractivity contribution is 7.89. The smallest absolute Gasteiger partial charge is 0.254 e. The molecule has 2 heterocycles. The average molecular weight is 455 g/mol. The normalized spacial score (nSPS) is 16.8. The van der Waals surface area contributed by atoms with Crippen LogP contribution in [0, 0.1) is 13.8 Å². The lowest BCUT2D eigenvalue weighted by Crippen LogP contribution is -2.31. The van der Waals surface area contributed by atoms with E-state index >= 15 is 0 Å². The highest BCUT2D eigenvalue weighted by Crippen LogP contribution is 2.28. The zero-order valence-electron chi connectivity index (χ0n) is 18.3. The van der Waals surface area contributed by atoms with Crippen LogP contribution in [0.4, 0.5) is 0 Å². The Morgan fingerprint density at radius 1 is 0.969 bits per heavy atom. The number of hydrogen-bond acceptors (Lipinski definition) is 5. The molecule has 1 fully saturated rings. The third-order valence-corrected chi connectivity index (χ3v) is 7.55. The summed E-state index contributed by atoms with van der Waals surface area (Å²) in [5, 5.41) is 0. The molecule has 0 saturated carbocycles. The van der Waals surface area contributed by atoms with E-state index < -0.39 is 10.0 Å². The maximum atomic E-state index is 13.1. The molecule has 0 bridgehead atoms. The Morgan fingerprint density at radius 3 is 2.38 bits per heavy atom. The van der Waals surface area contributed by atoms with Crippen LogP contribution in [0.5, 0.6) is 17.2 Å². The molecule has 1 saturated heterocycles. The molecule has 1 aliphatic heterocycles. The molecule has 4 rings (SSSR count). The van der Waals surface area contributed by atoms with Crippen LogP contribution in [0.1, 0.15) is 17.7 Å². The highest BCUT2D eigenvalue weighted by atomic mass is 32.2. The lowest BCUT2D eigenvalue weighted by molar-refractivity contribution is 0.214. The minimum Gasteiger partial charge on any atom is -0.489 e. The second-order valence-electron chi connectivity index (χ2n) is 7.96. The van der Waals surface area contributed by atoms with E-state index in [-0.39, 0.29) is 23.1 Å². The summed E-state index contributed by atoms with van der Waals surface area (Å²) in [4.78, 5) is 12.2. The SMILES string of the molecule is Cc1ccccc1Oc1ccc(S(=O)(=O)N2CCC(Oc3cc(C)n(C)c(=O)c3)C2)cc1. The van der Waals surface area contributed by atoms with Crippen LogP contribution in [-0.2, 0) is 17.1 Å². The van der Waals surface area contributed by atoms with Crippen LogP contribution in [0.3, 0.4) is 0 Å². The molecular weight excluding hydrogens is 428 g/mol. The lowest BCUT2D eigenvalue weighted by Gasteiger charge is -2.18. The molecule has 8 heteroatoms. The quantitative estimate of drug-likeness (QED) is 0.568. The Bertz CT molecular complexity index is 1280. The van der Waals surface area contributed by atoms with E-state index in [0.717, 1.165) is 17.0 Å². The van der Waals surface area contributed by atoms with Crippen LogP contribution < -0.4 is 15.0 Å². The molecule has 1 unspecified atom stereocenters. The summed E-state index contributed by atoms with van der Waals surface area (Å²) >= 11 is 0. The van der Waals surface area contributed by atoms with Gasteiger partial charge in [0.05, 0.1) is 11.4 Å². The minimum absolute atomic E-state index is 0.157. The third-order valence-electron chi connectivity index (χ3n) is 5.67. The van der Waals surface area contributed by atoms with E-state index in [1.54, 1.807) is 37.4 Å². The molecule has 0 spiro atoms. The van der Waals surface area contributed by atoms with Gasteiger partial charge in [-0.2, -0.15) is 4.31 Å². The molecule has 3 aromatic rings. The van der Waals surface area contributed by atoms with Crippen molar-refractivity contribution in [2.24, 2.45) is 7.05 Å². The van der Waals surface area contributed by atoms with Crippen molar-refractivity contribution >= 4 is 10.0 Å². The molecule has 0 aliphatic carbocycles. The van der Waals surface area contributed by atoms with Crippen molar-refractivity contribution in [2.75, 3.05) is 13.1 Å². The van der Waals surface area contributed by atoms with Crippen molar-refractivity contribution in [2.45, 2.75) is 31.3 Å². The first-order chi connectivity index (χ1) is 15.2. The Morgan fingerprint density at radius 2 is 1.69 bits per heavy atom. The zero-order chi connectivity index (χ0) is 22.9. The maximum absolute atomic E-state index is 13.1. The molecule has 0 amide bonds. The first kappa shape index (κ1) is 22.1. The number of hydrogen-bond donors (Lipinski definition) is 0. The number of rotatable bonds is 6. The number of aromatic nitrogens is 1. The summed E-state index contributed by atoms with van der Waals surface area (Å²) < 4.78 is 40.9. The van der Waals surface area contributed by atoms with E-state index in [0.29, 0.717) is 24.5 Å². The van der Waals surface area contributed by atoms with E-state index in [1.807, 2.05) is 38.1 Å². The number of para-hydroxylation sites is 1. The number of benzene rings is 2. The van der Waals surface area contributed by atoms with Crippen molar-refractivity contribution in [3.05, 3.63) is 82.3 Å². The number of ether oxygens (including phenoxy) is 2. The van der Waals surface area contributed by atoms with Gasteiger partial charge in [0.1, 0.15) is 23.4 Å². The zero-order valence-corrected chi connectivity index (χ0v) is 19.1. The van der Waals surface area contributed by atoms with E-state index in [1.165, 1.54) is 14.9 Å². The summed E-state index contributed by atoms with van der Waals surface area (Å²) in [7, 11) is -1.96. The van der Waals surface area contributed by atoms with Gasteiger partial charge in [0, 0.05) is 25.4 Å². The maximum Gasteiger partial charge on any atom is 0.254 e. The molecule has 1 aliphatic rings. The van der Waals surface area contributed by atoms with Crippen molar-refractivity contribution < 1.29 is 17.9 Å². The average Bonchev–Trinajstić information content (AvgIpc) is 3.23. The van der Waals surface area contributed by atoms with E-state index in [9.17, 15) is 13.2 Å². The van der Waals surface area contributed by atoms with Gasteiger partial charge in [-0.25, -0.2) is 8.42 Å². The van der Waals surface area contributed by atoms with Crippen LogP contribution in [0.25, 0.3) is 0 Å². The van der Waals surface area contributed by atoms with Crippen molar-refractivity contribution in [3.63, 3.8) is 0 Å². The summed E-state index contributed by atoms with van der Waals surface area (Å²) in [6.07, 6.45) is 0.252. The second kappa shape index (κ2) is 8.80. The van der Waals surface area contributed by atoms with Gasteiger partial charge in [0.15, 0.2) is 0 Å². The van der Waals surface area contributed by atoms with Gasteiger partial charge in [-0.05, 0) is 62.2 Å². The molecule has 7 nitrogen and oxygen atoms in total. The van der Waals surface area contributed by atoms with Gasteiger partial charge in [0.2, 0.25) is 10.0 Å². The van der Waals surface area contributed by atoms with Gasteiger partial charge >= 0.3 is 0 Å². The number of pyridine rings is 1. The standard InChI is InChI=1S/C24H26N2O5S/c1-17-6-4-5-7-23(17)31-19-8-10-22(11-9-19)32(28,29)26-13-12-20(16-26)30-21-14-18(2)25(3)24(27)15-21/h4-11,14-15,20H,12-13,16H2,1-3H3. The molecule has 0 radical (unpaired) electrons. The predicted molar refractivity (Wildman–Crippen MR) is 122 cm³/mol. The summed E-state index contributed by atoms with van der Waals surface area (Å²) in [6.45, 7) is 4.37. The summed E-state index contributed by atoms with van der Waals surface area (Å²) in [6, 6.07) is 17.3. The third kappa shape index (κ3) is 4.56. The molecular formula is C24H26N2O5S. The van der Waals surface area contributed by atoms with Gasteiger partial charge in [-0.3, -0.25) is 4.79 Å². The number of sulfonamides is 1. The van der Waals surface area contributed by atoms with E-state index in [4.69, 9.17) is 9.47 Å². The van der Waals surface area contributed by atoms with Gasteiger partial charge in [0.25, 0.3) is 5.56 Å². The Labute approximate surface area is 187 Å². The van der Waals surface area contributed by atoms with Crippen LogP contribution in [0.15, 0.2) is 70.4 Å². The van der Waals surface area contributed by atoms with Crippen LogP contribution in [0.2, 0.25) is 0 Å². The van der Waals surface area contributed by atoms with Crippen molar-refractivity contribution in [3.8, 4) is 17.2 Å². The Balaban J connectivity index is 1.43. The molecule has 2 aromatic carbocycles. The number of aryl methyl sites for hydroxylation is 2. The topological polar surface area (TPSA) is 77.8 Å². The van der Waals surface area contributed by atoms with Gasteiger partial charge in [-0.1, -0.05) is 18.2 Å². The monoisotopic (exact) mass is 454 g/mol. The van der Waals surface area contributed by atoms with Crippen LogP contribution in [-0.4, -0.2) is 36.5 Å². The first-order valence-corrected chi connectivity index (χ1v) is 11.9. The fourth-order valence-electron chi connectivity index (χ4n) is 3.64. The molecule has 1 atom stereocenters. The fourth-order valence-corrected chi connectivity index (χ4v) is 5.12. The first-order valence-electron chi connectivity index (χ1n) is 10.4. The van der Waals surface area contributed by atoms with Crippen molar-refractivity contribution in [1.82, 2.24) is 8.87 Å². The molecule has 1 aromatic heterocycles. The fraction of sp³-hybridized carbons (Fsp3) is 0.292. The van der Waals surface area contributed by atoms with Gasteiger partial charge in [-0.15, -0.1) is 0 Å².